The van der Waals surface area contributed by atoms with Crippen LogP contribution in [-0.4, -0.2) is 76.4 Å². The van der Waals surface area contributed by atoms with Crippen LogP contribution in [0.25, 0.3) is 11.4 Å². The van der Waals surface area contributed by atoms with Gasteiger partial charge in [0.15, 0.2) is 17.5 Å². The van der Waals surface area contributed by atoms with Crippen molar-refractivity contribution in [2.75, 3.05) is 27.4 Å². The Kier molecular flexibility index (Phi) is 8.63. The topological polar surface area (TPSA) is 134 Å². The second kappa shape index (κ2) is 12.5. The molecule has 1 saturated heterocycles. The molecule has 1 aromatic carbocycles. The fraction of sp³-hybridized carbons (Fsp3) is 0.536. The van der Waals surface area contributed by atoms with Crippen molar-refractivity contribution in [2.45, 2.75) is 70.2 Å². The van der Waals surface area contributed by atoms with Crippen molar-refractivity contribution in [1.29, 1.82) is 0 Å². The molecule has 214 valence electrons. The second-order valence-electron chi connectivity index (χ2n) is 10.2. The molecule has 1 N–H and O–H groups in total. The minimum atomic E-state index is -0.945. The van der Waals surface area contributed by atoms with Crippen LogP contribution in [0.2, 0.25) is 0 Å². The number of hydrogen-bond acceptors (Lipinski definition) is 9. The zero-order chi connectivity index (χ0) is 28.1. The van der Waals surface area contributed by atoms with Crippen LogP contribution >= 0.6 is 0 Å². The summed E-state index contributed by atoms with van der Waals surface area (Å²) in [5.74, 6) is 1.91. The molecule has 3 aromatic rings. The van der Waals surface area contributed by atoms with E-state index in [9.17, 15) is 9.59 Å². The molecule has 12 nitrogen and oxygen atoms in total. The van der Waals surface area contributed by atoms with E-state index in [0.717, 1.165) is 38.5 Å². The van der Waals surface area contributed by atoms with Gasteiger partial charge < -0.3 is 28.8 Å². The highest BCUT2D eigenvalue weighted by molar-refractivity contribution is 5.88. The summed E-state index contributed by atoms with van der Waals surface area (Å²) in [6, 6.07) is 7.99. The predicted molar refractivity (Wildman–Crippen MR) is 144 cm³/mol. The van der Waals surface area contributed by atoms with Crippen LogP contribution in [0.3, 0.4) is 0 Å². The molecule has 1 saturated carbocycles. The lowest BCUT2D eigenvalue weighted by atomic mass is 10.1. The highest BCUT2D eigenvalue weighted by atomic mass is 16.5. The third-order valence-electron chi connectivity index (χ3n) is 7.41. The molecule has 0 radical (unpaired) electrons. The Bertz CT molecular complexity index is 1310. The number of tetrazole rings is 1. The third kappa shape index (κ3) is 6.27. The quantitative estimate of drug-likeness (QED) is 0.381. The van der Waals surface area contributed by atoms with E-state index in [4.69, 9.17) is 18.6 Å². The van der Waals surface area contributed by atoms with E-state index in [0.29, 0.717) is 41.0 Å². The fourth-order valence-corrected chi connectivity index (χ4v) is 5.35. The highest BCUT2D eigenvalue weighted by Crippen LogP contribution is 2.31. The lowest BCUT2D eigenvalue weighted by Gasteiger charge is -2.32. The van der Waals surface area contributed by atoms with Gasteiger partial charge in [0.1, 0.15) is 18.1 Å². The molecule has 12 heteroatoms. The number of methoxy groups -OCH3 is 2. The number of amides is 2. The Labute approximate surface area is 232 Å². The van der Waals surface area contributed by atoms with Crippen LogP contribution in [0, 0.1) is 6.92 Å². The number of benzene rings is 1. The number of nitrogens with one attached hydrogen (secondary N) is 1. The molecule has 0 spiro atoms. The molecule has 3 heterocycles. The first-order chi connectivity index (χ1) is 19.4. The number of carbonyl (C=O) groups excluding carboxylic acids is 2. The summed E-state index contributed by atoms with van der Waals surface area (Å²) in [5.41, 5.74) is 0.660. The zero-order valence-electron chi connectivity index (χ0n) is 23.2. The van der Waals surface area contributed by atoms with Crippen molar-refractivity contribution in [2.24, 2.45) is 0 Å². The lowest BCUT2D eigenvalue weighted by Crippen LogP contribution is -2.49. The van der Waals surface area contributed by atoms with E-state index in [1.807, 2.05) is 6.92 Å². The Morgan fingerprint density at radius 2 is 1.90 bits per heavy atom. The van der Waals surface area contributed by atoms with E-state index >= 15 is 0 Å². The monoisotopic (exact) mass is 552 g/mol. The number of rotatable bonds is 11. The molecule has 2 aromatic heterocycles. The molecular weight excluding hydrogens is 516 g/mol. The minimum Gasteiger partial charge on any atom is -0.493 e. The van der Waals surface area contributed by atoms with Gasteiger partial charge in [-0.1, -0.05) is 12.8 Å². The molecule has 1 aliphatic carbocycles. The first kappa shape index (κ1) is 27.6. The summed E-state index contributed by atoms with van der Waals surface area (Å²) >= 11 is 0. The molecule has 0 bridgehead atoms. The first-order valence-electron chi connectivity index (χ1n) is 13.7. The number of nitrogens with zero attached hydrogens (tertiary/aromatic N) is 5. The van der Waals surface area contributed by atoms with E-state index in [2.05, 4.69) is 20.7 Å². The van der Waals surface area contributed by atoms with Gasteiger partial charge in [-0.25, -0.2) is 0 Å². The molecule has 2 atom stereocenters. The van der Waals surface area contributed by atoms with Crippen LogP contribution < -0.4 is 14.8 Å². The van der Waals surface area contributed by atoms with Gasteiger partial charge in [-0.05, 0) is 68.2 Å². The number of carbonyl (C=O) groups is 2. The van der Waals surface area contributed by atoms with Gasteiger partial charge in [-0.3, -0.25) is 9.59 Å². The predicted octanol–water partition coefficient (Wildman–Crippen LogP) is 3.07. The van der Waals surface area contributed by atoms with Crippen molar-refractivity contribution in [3.63, 3.8) is 0 Å². The van der Waals surface area contributed by atoms with Crippen molar-refractivity contribution >= 4 is 11.8 Å². The average Bonchev–Trinajstić information content (AvgIpc) is 3.77. The van der Waals surface area contributed by atoms with Gasteiger partial charge in [0.25, 0.3) is 5.91 Å². The molecule has 2 aliphatic rings. The second-order valence-corrected chi connectivity index (χ2v) is 10.2. The number of aryl methyl sites for hydroxylation is 1. The SMILES string of the molecule is COc1ccc(-c2nnn(CC(=O)N(C[C@H]3CCCO3)[C@@H](C(=O)NC3CCCC3)c3ccc(C)o3)n2)cc1OC. The van der Waals surface area contributed by atoms with E-state index in [-0.39, 0.29) is 37.0 Å². The van der Waals surface area contributed by atoms with Crippen LogP contribution in [-0.2, 0) is 20.9 Å². The maximum absolute atomic E-state index is 13.9. The number of hydrogen-bond donors (Lipinski definition) is 1. The van der Waals surface area contributed by atoms with E-state index < -0.39 is 6.04 Å². The summed E-state index contributed by atoms with van der Waals surface area (Å²) in [4.78, 5) is 30.4. The maximum Gasteiger partial charge on any atom is 0.250 e. The largest absolute Gasteiger partial charge is 0.493 e. The van der Waals surface area contributed by atoms with Gasteiger partial charge in [-0.2, -0.15) is 4.80 Å². The van der Waals surface area contributed by atoms with Gasteiger partial charge in [-0.15, -0.1) is 10.2 Å². The summed E-state index contributed by atoms with van der Waals surface area (Å²) in [6.45, 7) is 2.49. The normalized spacial score (nSPS) is 18.0. The molecule has 5 rings (SSSR count). The maximum atomic E-state index is 13.9. The summed E-state index contributed by atoms with van der Waals surface area (Å²) in [6.07, 6.45) is 5.55. The van der Waals surface area contributed by atoms with Gasteiger partial charge in [0.2, 0.25) is 11.7 Å². The van der Waals surface area contributed by atoms with E-state index in [1.165, 1.54) is 9.70 Å². The van der Waals surface area contributed by atoms with E-state index in [1.54, 1.807) is 44.6 Å². The molecule has 2 amide bonds. The van der Waals surface area contributed by atoms with Crippen LogP contribution in [0.15, 0.2) is 34.7 Å². The zero-order valence-corrected chi connectivity index (χ0v) is 23.2. The Balaban J connectivity index is 1.40. The van der Waals surface area contributed by atoms with Crippen LogP contribution in [0.1, 0.15) is 56.1 Å². The molecule has 1 aliphatic heterocycles. The Morgan fingerprint density at radius 1 is 1.10 bits per heavy atom. The van der Waals surface area contributed by atoms with Crippen LogP contribution in [0.4, 0.5) is 0 Å². The Morgan fingerprint density at radius 3 is 2.58 bits per heavy atom. The van der Waals surface area contributed by atoms with Crippen molar-refractivity contribution in [3.8, 4) is 22.9 Å². The van der Waals surface area contributed by atoms with Gasteiger partial charge in [0.05, 0.1) is 20.3 Å². The molecule has 40 heavy (non-hydrogen) atoms. The van der Waals surface area contributed by atoms with Gasteiger partial charge >= 0.3 is 0 Å². The minimum absolute atomic E-state index is 0.0896. The lowest BCUT2D eigenvalue weighted by molar-refractivity contribution is -0.144. The number of aromatic nitrogens is 4. The molecule has 2 fully saturated rings. The number of furan rings is 1. The third-order valence-corrected chi connectivity index (χ3v) is 7.41. The molecule has 0 unspecified atom stereocenters. The molecular formula is C28H36N6O6. The van der Waals surface area contributed by atoms with Crippen molar-refractivity contribution < 1.29 is 28.2 Å². The summed E-state index contributed by atoms with van der Waals surface area (Å²) in [5, 5.41) is 15.8. The average molecular weight is 553 g/mol. The smallest absolute Gasteiger partial charge is 0.250 e. The fourth-order valence-electron chi connectivity index (χ4n) is 5.35. The van der Waals surface area contributed by atoms with Crippen LogP contribution in [0.5, 0.6) is 11.5 Å². The van der Waals surface area contributed by atoms with Gasteiger partial charge in [0, 0.05) is 24.8 Å². The van der Waals surface area contributed by atoms with Crippen molar-refractivity contribution in [1.82, 2.24) is 30.4 Å². The first-order valence-corrected chi connectivity index (χ1v) is 13.7. The van der Waals surface area contributed by atoms with Crippen molar-refractivity contribution in [3.05, 3.63) is 41.9 Å². The standard InChI is InChI=1S/C28H36N6O6/c1-18-10-12-23(40-18)26(28(36)29-20-7-4-5-8-20)33(16-21-9-6-14-39-21)25(35)17-34-31-27(30-32-34)19-11-13-22(37-2)24(15-19)38-3/h10-13,15,20-21,26H,4-9,14,16-17H2,1-3H3,(H,29,36)/t21-,26-/m1/s1. The highest BCUT2D eigenvalue weighted by Gasteiger charge is 2.37. The summed E-state index contributed by atoms with van der Waals surface area (Å²) < 4.78 is 22.5. The Hall–Kier alpha value is -3.93. The summed E-state index contributed by atoms with van der Waals surface area (Å²) in [7, 11) is 3.11. The number of ether oxygens (including phenoxy) is 3.